The molecule has 1 heterocycles. The minimum atomic E-state index is -1.61. The van der Waals surface area contributed by atoms with Crippen LogP contribution in [0.2, 0.25) is 0 Å². The molecule has 0 aliphatic carbocycles. The van der Waals surface area contributed by atoms with Crippen molar-refractivity contribution in [3.63, 3.8) is 0 Å². The molecular formula is C33H39N3O5S. The molecule has 8 nitrogen and oxygen atoms in total. The lowest BCUT2D eigenvalue weighted by Gasteiger charge is -2.33. The van der Waals surface area contributed by atoms with E-state index < -0.39 is 34.7 Å². The molecule has 1 aliphatic heterocycles. The van der Waals surface area contributed by atoms with Crippen molar-refractivity contribution in [1.29, 1.82) is 0 Å². The van der Waals surface area contributed by atoms with E-state index in [9.17, 15) is 24.6 Å². The van der Waals surface area contributed by atoms with Gasteiger partial charge in [-0.1, -0.05) is 67.6 Å². The van der Waals surface area contributed by atoms with Crippen LogP contribution in [0.5, 0.6) is 5.75 Å². The molecule has 0 unspecified atom stereocenters. The minimum absolute atomic E-state index is 0.0113. The average Bonchev–Trinajstić information content (AvgIpc) is 3.30. The zero-order chi connectivity index (χ0) is 30.4. The molecule has 222 valence electrons. The van der Waals surface area contributed by atoms with E-state index in [-0.39, 0.29) is 29.5 Å². The molecule has 3 aromatic carbocycles. The number of rotatable bonds is 10. The Balaban J connectivity index is 1.57. The van der Waals surface area contributed by atoms with Gasteiger partial charge in [0.1, 0.15) is 11.8 Å². The molecule has 0 saturated carbocycles. The summed E-state index contributed by atoms with van der Waals surface area (Å²) >= 11 is 1.47. The van der Waals surface area contributed by atoms with E-state index in [2.05, 4.69) is 10.6 Å². The van der Waals surface area contributed by atoms with Crippen LogP contribution in [0.1, 0.15) is 53.4 Å². The molecule has 0 spiro atoms. The molecular weight excluding hydrogens is 550 g/mol. The van der Waals surface area contributed by atoms with Crippen LogP contribution in [0.3, 0.4) is 0 Å². The fraction of sp³-hybridized carbons (Fsp3) is 0.364. The standard InChI is InChI=1S/C33H39N3O5S/c1-5-24-25(16-11-17-27(24)37)30(39)35-26(18-22-13-7-6-8-14-22)28(38)32(41)36-20-42-33(3,4)29(36)31(40)34-19-23-15-10-9-12-21(23)2/h6-17,26,28-29,37-38H,5,18-20H2,1-4H3,(H,34,40)(H,35,39)/t26-,28-,29+/m0/s1. The molecule has 3 amide bonds. The monoisotopic (exact) mass is 589 g/mol. The van der Waals surface area contributed by atoms with Crippen molar-refractivity contribution in [3.05, 3.63) is 101 Å². The average molecular weight is 590 g/mol. The second kappa shape index (κ2) is 13.4. The second-order valence-electron chi connectivity index (χ2n) is 11.1. The van der Waals surface area contributed by atoms with Crippen molar-refractivity contribution in [3.8, 4) is 5.75 Å². The predicted octanol–water partition coefficient (Wildman–Crippen LogP) is 3.96. The van der Waals surface area contributed by atoms with Crippen LogP contribution in [-0.2, 0) is 29.0 Å². The highest BCUT2D eigenvalue weighted by Gasteiger charge is 2.49. The van der Waals surface area contributed by atoms with Crippen molar-refractivity contribution in [2.24, 2.45) is 0 Å². The number of hydrogen-bond acceptors (Lipinski definition) is 6. The summed E-state index contributed by atoms with van der Waals surface area (Å²) in [4.78, 5) is 42.2. The number of nitrogens with zero attached hydrogens (tertiary/aromatic N) is 1. The van der Waals surface area contributed by atoms with Gasteiger partial charge in [0.25, 0.3) is 11.8 Å². The van der Waals surface area contributed by atoms with E-state index in [0.29, 0.717) is 18.5 Å². The van der Waals surface area contributed by atoms with E-state index in [1.807, 2.05) is 82.3 Å². The molecule has 4 rings (SSSR count). The number of aliphatic hydroxyl groups excluding tert-OH is 1. The van der Waals surface area contributed by atoms with Crippen molar-refractivity contribution < 1.29 is 24.6 Å². The summed E-state index contributed by atoms with van der Waals surface area (Å²) in [6, 6.07) is 20.0. The topological polar surface area (TPSA) is 119 Å². The van der Waals surface area contributed by atoms with Crippen molar-refractivity contribution in [2.75, 3.05) is 5.88 Å². The first kappa shape index (κ1) is 31.1. The van der Waals surface area contributed by atoms with Crippen LogP contribution < -0.4 is 10.6 Å². The van der Waals surface area contributed by atoms with Gasteiger partial charge >= 0.3 is 0 Å². The van der Waals surface area contributed by atoms with Crippen LogP contribution in [0.4, 0.5) is 0 Å². The van der Waals surface area contributed by atoms with Crippen LogP contribution in [0, 0.1) is 6.92 Å². The number of aromatic hydroxyl groups is 1. The molecule has 3 atom stereocenters. The van der Waals surface area contributed by atoms with Crippen molar-refractivity contribution in [2.45, 2.75) is 70.0 Å². The number of carbonyl (C=O) groups excluding carboxylic acids is 3. The Morgan fingerprint density at radius 1 is 1.02 bits per heavy atom. The number of amides is 3. The fourth-order valence-electron chi connectivity index (χ4n) is 5.36. The minimum Gasteiger partial charge on any atom is -0.508 e. The predicted molar refractivity (Wildman–Crippen MR) is 165 cm³/mol. The van der Waals surface area contributed by atoms with E-state index in [0.717, 1.165) is 16.7 Å². The van der Waals surface area contributed by atoms with Crippen LogP contribution in [0.15, 0.2) is 72.8 Å². The van der Waals surface area contributed by atoms with E-state index in [1.165, 1.54) is 22.7 Å². The first-order chi connectivity index (χ1) is 20.0. The number of carbonyl (C=O) groups is 3. The van der Waals surface area contributed by atoms with Gasteiger partial charge in [-0.15, -0.1) is 11.8 Å². The summed E-state index contributed by atoms with van der Waals surface area (Å²) in [5.41, 5.74) is 3.62. The summed E-state index contributed by atoms with van der Waals surface area (Å²) < 4.78 is -0.596. The number of aryl methyl sites for hydroxylation is 1. The maximum Gasteiger partial charge on any atom is 0.254 e. The van der Waals surface area contributed by atoms with Gasteiger partial charge in [-0.2, -0.15) is 0 Å². The molecule has 1 fully saturated rings. The Morgan fingerprint density at radius 2 is 1.71 bits per heavy atom. The zero-order valence-electron chi connectivity index (χ0n) is 24.5. The summed E-state index contributed by atoms with van der Waals surface area (Å²) in [6.07, 6.45) is -0.994. The Morgan fingerprint density at radius 3 is 2.40 bits per heavy atom. The molecule has 1 saturated heterocycles. The first-order valence-electron chi connectivity index (χ1n) is 14.1. The van der Waals surface area contributed by atoms with Gasteiger partial charge in [-0.3, -0.25) is 14.4 Å². The van der Waals surface area contributed by atoms with Crippen molar-refractivity contribution >= 4 is 29.5 Å². The number of aliphatic hydroxyl groups is 1. The van der Waals surface area contributed by atoms with E-state index in [1.54, 1.807) is 12.1 Å². The van der Waals surface area contributed by atoms with Gasteiger partial charge < -0.3 is 25.7 Å². The third kappa shape index (κ3) is 6.97. The molecule has 9 heteroatoms. The fourth-order valence-corrected chi connectivity index (χ4v) is 6.50. The third-order valence-electron chi connectivity index (χ3n) is 7.79. The molecule has 0 aromatic heterocycles. The Labute approximate surface area is 251 Å². The third-order valence-corrected chi connectivity index (χ3v) is 9.16. The van der Waals surface area contributed by atoms with E-state index >= 15 is 0 Å². The SMILES string of the molecule is CCc1c(O)cccc1C(=O)N[C@@H](Cc1ccccc1)[C@H](O)C(=O)N1CSC(C)(C)[C@H]1C(=O)NCc1ccccc1C. The summed E-state index contributed by atoms with van der Waals surface area (Å²) in [5.74, 6) is -1.19. The lowest BCUT2D eigenvalue weighted by Crippen LogP contribution is -2.58. The van der Waals surface area contributed by atoms with Crippen LogP contribution >= 0.6 is 11.8 Å². The lowest BCUT2D eigenvalue weighted by atomic mass is 9.96. The lowest BCUT2D eigenvalue weighted by molar-refractivity contribution is -0.147. The Bertz CT molecular complexity index is 1430. The highest BCUT2D eigenvalue weighted by atomic mass is 32.2. The Kier molecular flexibility index (Phi) is 9.96. The largest absolute Gasteiger partial charge is 0.508 e. The van der Waals surface area contributed by atoms with Gasteiger partial charge in [-0.25, -0.2) is 0 Å². The maximum absolute atomic E-state index is 13.9. The summed E-state index contributed by atoms with van der Waals surface area (Å²) in [6.45, 7) is 7.95. The van der Waals surface area contributed by atoms with Gasteiger partial charge in [-0.05, 0) is 62.4 Å². The Hall–Kier alpha value is -3.82. The van der Waals surface area contributed by atoms with Crippen LogP contribution in [0.25, 0.3) is 0 Å². The summed E-state index contributed by atoms with van der Waals surface area (Å²) in [5, 5.41) is 27.6. The van der Waals surface area contributed by atoms with Gasteiger partial charge in [0.2, 0.25) is 5.91 Å². The normalized spacial score (nSPS) is 17.4. The van der Waals surface area contributed by atoms with E-state index in [4.69, 9.17) is 0 Å². The molecule has 3 aromatic rings. The number of phenolic OH excluding ortho intramolecular Hbond substituents is 1. The highest BCUT2D eigenvalue weighted by Crippen LogP contribution is 2.40. The molecule has 42 heavy (non-hydrogen) atoms. The number of nitrogens with one attached hydrogen (secondary N) is 2. The van der Waals surface area contributed by atoms with Crippen LogP contribution in [-0.4, -0.2) is 61.6 Å². The molecule has 1 aliphatic rings. The first-order valence-corrected chi connectivity index (χ1v) is 15.1. The van der Waals surface area contributed by atoms with Gasteiger partial charge in [0.15, 0.2) is 6.10 Å². The number of hydrogen-bond donors (Lipinski definition) is 4. The molecule has 0 radical (unpaired) electrons. The number of thioether (sulfide) groups is 1. The zero-order valence-corrected chi connectivity index (χ0v) is 25.3. The smallest absolute Gasteiger partial charge is 0.254 e. The highest BCUT2D eigenvalue weighted by molar-refractivity contribution is 8.00. The quantitative estimate of drug-likeness (QED) is 0.284. The number of phenols is 1. The maximum atomic E-state index is 13.9. The number of benzene rings is 3. The summed E-state index contributed by atoms with van der Waals surface area (Å²) in [7, 11) is 0. The molecule has 4 N–H and O–H groups in total. The molecule has 0 bridgehead atoms. The van der Waals surface area contributed by atoms with Gasteiger partial charge in [0.05, 0.1) is 11.9 Å². The van der Waals surface area contributed by atoms with Crippen molar-refractivity contribution in [1.82, 2.24) is 15.5 Å². The van der Waals surface area contributed by atoms with Gasteiger partial charge in [0, 0.05) is 22.4 Å². The second-order valence-corrected chi connectivity index (χ2v) is 12.7.